The molecule has 0 aliphatic heterocycles. The van der Waals surface area contributed by atoms with E-state index in [0.717, 1.165) is 0 Å². The van der Waals surface area contributed by atoms with Gasteiger partial charge in [0.05, 0.1) is 6.10 Å². The zero-order valence-corrected chi connectivity index (χ0v) is 11.4. The first-order chi connectivity index (χ1) is 9.60. The van der Waals surface area contributed by atoms with Gasteiger partial charge in [0, 0.05) is 26.0 Å². The van der Waals surface area contributed by atoms with E-state index in [4.69, 9.17) is 5.84 Å². The van der Waals surface area contributed by atoms with Crippen LogP contribution in [0.3, 0.4) is 0 Å². The molecule has 4 N–H and O–H groups in total. The number of hydrogen-bond acceptors (Lipinski definition) is 8. The molecule has 0 aromatic carbocycles. The summed E-state index contributed by atoms with van der Waals surface area (Å²) in [5, 5.41) is 13.4. The van der Waals surface area contributed by atoms with Crippen LogP contribution in [-0.2, 0) is 0 Å². The maximum atomic E-state index is 9.33. The van der Waals surface area contributed by atoms with Gasteiger partial charge in [-0.25, -0.2) is 10.5 Å². The van der Waals surface area contributed by atoms with E-state index in [1.54, 1.807) is 25.4 Å². The van der Waals surface area contributed by atoms with Crippen LogP contribution < -0.4 is 16.2 Å². The van der Waals surface area contributed by atoms with Crippen LogP contribution in [0.1, 0.15) is 13.3 Å². The molecule has 2 heterocycles. The van der Waals surface area contributed by atoms with Crippen molar-refractivity contribution in [1.82, 2.24) is 24.7 Å². The number of hydrogen-bond donors (Lipinski definition) is 3. The summed E-state index contributed by atoms with van der Waals surface area (Å²) in [4.78, 5) is 14.5. The molecular formula is C11H18N8O. The molecule has 0 bridgehead atoms. The van der Waals surface area contributed by atoms with Gasteiger partial charge >= 0.3 is 0 Å². The average Bonchev–Trinajstić information content (AvgIpc) is 2.98. The van der Waals surface area contributed by atoms with E-state index in [2.05, 4.69) is 25.5 Å². The molecule has 2 aromatic rings. The van der Waals surface area contributed by atoms with Gasteiger partial charge in [0.15, 0.2) is 0 Å². The predicted molar refractivity (Wildman–Crippen MR) is 74.3 cm³/mol. The summed E-state index contributed by atoms with van der Waals surface area (Å²) in [7, 11) is 1.84. The van der Waals surface area contributed by atoms with Crippen molar-refractivity contribution in [2.24, 2.45) is 5.84 Å². The first-order valence-electron chi connectivity index (χ1n) is 6.22. The number of aliphatic hydroxyl groups is 1. The number of nitrogens with zero attached hydrogens (tertiary/aromatic N) is 6. The van der Waals surface area contributed by atoms with Gasteiger partial charge in [-0.2, -0.15) is 20.1 Å². The molecule has 1 unspecified atom stereocenters. The molecule has 0 radical (unpaired) electrons. The summed E-state index contributed by atoms with van der Waals surface area (Å²) >= 11 is 0. The zero-order chi connectivity index (χ0) is 14.5. The number of nitrogens with one attached hydrogen (secondary N) is 1. The van der Waals surface area contributed by atoms with E-state index in [1.807, 2.05) is 11.9 Å². The smallest absolute Gasteiger partial charge is 0.257 e. The van der Waals surface area contributed by atoms with Crippen molar-refractivity contribution in [3.63, 3.8) is 0 Å². The van der Waals surface area contributed by atoms with Crippen LogP contribution >= 0.6 is 0 Å². The van der Waals surface area contributed by atoms with E-state index in [0.29, 0.717) is 24.9 Å². The minimum atomic E-state index is -0.378. The number of nitrogen functional groups attached to an aromatic ring is 1. The highest BCUT2D eigenvalue weighted by Gasteiger charge is 2.12. The molecule has 9 heteroatoms. The fraction of sp³-hybridized carbons (Fsp3) is 0.455. The molecule has 0 fully saturated rings. The molecule has 1 atom stereocenters. The number of aromatic nitrogens is 5. The molecule has 9 nitrogen and oxygen atoms in total. The number of hydrazine groups is 1. The molecule has 0 saturated heterocycles. The van der Waals surface area contributed by atoms with Gasteiger partial charge in [-0.15, -0.1) is 0 Å². The van der Waals surface area contributed by atoms with E-state index in [1.165, 1.54) is 4.68 Å². The quantitative estimate of drug-likeness (QED) is 0.480. The van der Waals surface area contributed by atoms with Gasteiger partial charge < -0.3 is 10.0 Å². The summed E-state index contributed by atoms with van der Waals surface area (Å²) in [6.07, 6.45) is 3.60. The molecule has 20 heavy (non-hydrogen) atoms. The van der Waals surface area contributed by atoms with Crippen molar-refractivity contribution in [2.75, 3.05) is 23.9 Å². The number of anilines is 2. The number of rotatable bonds is 6. The van der Waals surface area contributed by atoms with E-state index in [9.17, 15) is 5.11 Å². The largest absolute Gasteiger partial charge is 0.393 e. The van der Waals surface area contributed by atoms with Crippen LogP contribution in [0.5, 0.6) is 0 Å². The van der Waals surface area contributed by atoms with Gasteiger partial charge in [-0.1, -0.05) is 0 Å². The summed E-state index contributed by atoms with van der Waals surface area (Å²) in [5.41, 5.74) is 2.41. The van der Waals surface area contributed by atoms with Crippen molar-refractivity contribution >= 4 is 11.9 Å². The Bertz CT molecular complexity index is 541. The molecular weight excluding hydrogens is 260 g/mol. The maximum absolute atomic E-state index is 9.33. The Morgan fingerprint density at radius 3 is 2.85 bits per heavy atom. The van der Waals surface area contributed by atoms with Gasteiger partial charge in [-0.05, 0) is 19.4 Å². The minimum absolute atomic E-state index is 0.254. The van der Waals surface area contributed by atoms with Crippen molar-refractivity contribution in [1.29, 1.82) is 0 Å². The van der Waals surface area contributed by atoms with Crippen molar-refractivity contribution < 1.29 is 5.11 Å². The van der Waals surface area contributed by atoms with Gasteiger partial charge in [-0.3, -0.25) is 5.43 Å². The summed E-state index contributed by atoms with van der Waals surface area (Å²) < 4.78 is 1.52. The zero-order valence-electron chi connectivity index (χ0n) is 11.4. The number of aliphatic hydroxyl groups excluding tert-OH is 1. The topological polar surface area (TPSA) is 118 Å². The molecule has 0 aliphatic rings. The molecule has 2 aromatic heterocycles. The standard InChI is InChI=1S/C11H18N8O/c1-8(20)4-7-18(2)10-14-9(17-12)15-11(16-10)19-6-3-5-13-19/h3,5-6,8,20H,4,7,12H2,1-2H3,(H,14,15,16,17). The summed E-state index contributed by atoms with van der Waals surface area (Å²) in [6.45, 7) is 2.35. The fourth-order valence-electron chi connectivity index (χ4n) is 1.56. The lowest BCUT2D eigenvalue weighted by molar-refractivity contribution is 0.186. The fourth-order valence-corrected chi connectivity index (χ4v) is 1.56. The van der Waals surface area contributed by atoms with Crippen molar-refractivity contribution in [3.05, 3.63) is 18.5 Å². The highest BCUT2D eigenvalue weighted by Crippen LogP contribution is 2.11. The lowest BCUT2D eigenvalue weighted by atomic mass is 10.3. The van der Waals surface area contributed by atoms with E-state index < -0.39 is 0 Å². The molecule has 0 aliphatic carbocycles. The maximum Gasteiger partial charge on any atom is 0.257 e. The van der Waals surface area contributed by atoms with E-state index in [-0.39, 0.29) is 12.1 Å². The lowest BCUT2D eigenvalue weighted by Gasteiger charge is -2.18. The Hall–Kier alpha value is -2.26. The monoisotopic (exact) mass is 278 g/mol. The van der Waals surface area contributed by atoms with Crippen LogP contribution in [0.4, 0.5) is 11.9 Å². The Balaban J connectivity index is 2.26. The summed E-state index contributed by atoms with van der Waals surface area (Å²) in [6, 6.07) is 1.77. The highest BCUT2D eigenvalue weighted by atomic mass is 16.3. The predicted octanol–water partition coefficient (Wildman–Crippen LogP) is -0.450. The minimum Gasteiger partial charge on any atom is -0.393 e. The Kier molecular flexibility index (Phi) is 4.43. The molecule has 0 saturated carbocycles. The Morgan fingerprint density at radius 1 is 1.45 bits per heavy atom. The average molecular weight is 278 g/mol. The second-order valence-corrected chi connectivity index (χ2v) is 4.41. The first kappa shape index (κ1) is 14.2. The second kappa shape index (κ2) is 6.26. The Morgan fingerprint density at radius 2 is 2.25 bits per heavy atom. The van der Waals surface area contributed by atoms with Crippen LogP contribution in [0.2, 0.25) is 0 Å². The van der Waals surface area contributed by atoms with Crippen LogP contribution in [0.25, 0.3) is 5.95 Å². The molecule has 2 rings (SSSR count). The van der Waals surface area contributed by atoms with Crippen molar-refractivity contribution in [3.8, 4) is 5.95 Å². The third-order valence-corrected chi connectivity index (χ3v) is 2.67. The van der Waals surface area contributed by atoms with Crippen LogP contribution in [-0.4, -0.2) is 49.5 Å². The highest BCUT2D eigenvalue weighted by molar-refractivity contribution is 5.38. The van der Waals surface area contributed by atoms with Crippen LogP contribution in [0.15, 0.2) is 18.5 Å². The lowest BCUT2D eigenvalue weighted by Crippen LogP contribution is -2.25. The second-order valence-electron chi connectivity index (χ2n) is 4.41. The number of nitrogens with two attached hydrogens (primary N) is 1. The molecule has 0 spiro atoms. The van der Waals surface area contributed by atoms with Crippen molar-refractivity contribution in [2.45, 2.75) is 19.4 Å². The third-order valence-electron chi connectivity index (χ3n) is 2.67. The van der Waals surface area contributed by atoms with Crippen LogP contribution in [0, 0.1) is 0 Å². The van der Waals surface area contributed by atoms with Gasteiger partial charge in [0.1, 0.15) is 0 Å². The first-order valence-corrected chi connectivity index (χ1v) is 6.22. The van der Waals surface area contributed by atoms with Gasteiger partial charge in [0.2, 0.25) is 11.9 Å². The van der Waals surface area contributed by atoms with E-state index >= 15 is 0 Å². The normalized spacial score (nSPS) is 12.2. The Labute approximate surface area is 116 Å². The molecule has 0 amide bonds. The van der Waals surface area contributed by atoms with Gasteiger partial charge in [0.25, 0.3) is 5.95 Å². The SMILES string of the molecule is CC(O)CCN(C)c1nc(NN)nc(-n2cccn2)n1. The molecule has 108 valence electrons. The third kappa shape index (κ3) is 3.39. The summed E-state index contributed by atoms with van der Waals surface area (Å²) in [5.74, 6) is 6.46.